The van der Waals surface area contributed by atoms with Crippen molar-refractivity contribution in [3.05, 3.63) is 95.7 Å². The zero-order chi connectivity index (χ0) is 22.9. The number of nitrogens with zero attached hydrogens (tertiary/aromatic N) is 5. The molecule has 0 bridgehead atoms. The molecule has 5 nitrogen and oxygen atoms in total. The van der Waals surface area contributed by atoms with Crippen LogP contribution in [-0.2, 0) is 10.8 Å². The van der Waals surface area contributed by atoms with Gasteiger partial charge >= 0.3 is 0 Å². The van der Waals surface area contributed by atoms with Crippen molar-refractivity contribution in [1.82, 2.24) is 19.7 Å². The molecule has 0 unspecified atom stereocenters. The molecule has 0 atom stereocenters. The average molecular weight is 422 g/mol. The van der Waals surface area contributed by atoms with Crippen LogP contribution in [0.5, 0.6) is 0 Å². The molecule has 0 aliphatic rings. The van der Waals surface area contributed by atoms with E-state index in [1.165, 1.54) is 5.56 Å². The Hall–Kier alpha value is -3.78. The molecule has 4 aromatic rings. The summed E-state index contributed by atoms with van der Waals surface area (Å²) in [6.07, 6.45) is 3.53. The third-order valence-corrected chi connectivity index (χ3v) is 5.77. The first-order chi connectivity index (χ1) is 15.2. The molecule has 3 aromatic heterocycles. The van der Waals surface area contributed by atoms with Crippen LogP contribution in [0, 0.1) is 11.3 Å². The fourth-order valence-corrected chi connectivity index (χ4v) is 3.64. The first-order valence-corrected chi connectivity index (χ1v) is 10.7. The highest BCUT2D eigenvalue weighted by Crippen LogP contribution is 2.32. The molecule has 0 amide bonds. The molecule has 0 aliphatic carbocycles. The summed E-state index contributed by atoms with van der Waals surface area (Å²) in [7, 11) is 0. The van der Waals surface area contributed by atoms with E-state index in [0.717, 1.165) is 28.3 Å². The SMILES string of the molecule is CC(C)(C)c1cccc(-c2cccc(C(C)(C)c3ccn(-c4ccnc(C#N)c4)n3)n2)c1. The van der Waals surface area contributed by atoms with E-state index in [9.17, 15) is 0 Å². The first-order valence-electron chi connectivity index (χ1n) is 10.7. The Morgan fingerprint density at radius 2 is 1.66 bits per heavy atom. The molecular weight excluding hydrogens is 394 g/mol. The normalized spacial score (nSPS) is 11.9. The van der Waals surface area contributed by atoms with Crippen molar-refractivity contribution >= 4 is 0 Å². The summed E-state index contributed by atoms with van der Waals surface area (Å²) < 4.78 is 1.77. The van der Waals surface area contributed by atoms with Gasteiger partial charge in [-0.25, -0.2) is 9.67 Å². The van der Waals surface area contributed by atoms with Gasteiger partial charge in [-0.2, -0.15) is 10.4 Å². The van der Waals surface area contributed by atoms with Crippen LogP contribution in [0.4, 0.5) is 0 Å². The minimum absolute atomic E-state index is 0.0814. The number of hydrogen-bond donors (Lipinski definition) is 0. The van der Waals surface area contributed by atoms with Crippen LogP contribution in [0.15, 0.2) is 73.1 Å². The second-order valence-electron chi connectivity index (χ2n) is 9.52. The Labute approximate surface area is 189 Å². The van der Waals surface area contributed by atoms with E-state index >= 15 is 0 Å². The molecule has 3 heterocycles. The van der Waals surface area contributed by atoms with Gasteiger partial charge < -0.3 is 0 Å². The smallest absolute Gasteiger partial charge is 0.142 e. The van der Waals surface area contributed by atoms with Crippen LogP contribution in [0.1, 0.15) is 57.3 Å². The number of nitriles is 1. The van der Waals surface area contributed by atoms with E-state index < -0.39 is 5.41 Å². The van der Waals surface area contributed by atoms with Gasteiger partial charge in [0.25, 0.3) is 0 Å². The van der Waals surface area contributed by atoms with Crippen LogP contribution in [-0.4, -0.2) is 19.7 Å². The molecule has 0 saturated heterocycles. The molecule has 0 spiro atoms. The Morgan fingerprint density at radius 1 is 0.875 bits per heavy atom. The third-order valence-electron chi connectivity index (χ3n) is 5.77. The summed E-state index contributed by atoms with van der Waals surface area (Å²) >= 11 is 0. The lowest BCUT2D eigenvalue weighted by molar-refractivity contribution is 0.585. The minimum atomic E-state index is -0.395. The maximum absolute atomic E-state index is 9.12. The van der Waals surface area contributed by atoms with Gasteiger partial charge in [0.2, 0.25) is 0 Å². The molecule has 0 fully saturated rings. The van der Waals surface area contributed by atoms with Gasteiger partial charge in [0.1, 0.15) is 11.8 Å². The molecule has 0 N–H and O–H groups in total. The second kappa shape index (κ2) is 8.05. The van der Waals surface area contributed by atoms with Crippen LogP contribution < -0.4 is 0 Å². The van der Waals surface area contributed by atoms with Crippen molar-refractivity contribution in [3.63, 3.8) is 0 Å². The molecule has 0 aliphatic heterocycles. The first kappa shape index (κ1) is 21.5. The van der Waals surface area contributed by atoms with E-state index in [4.69, 9.17) is 15.3 Å². The van der Waals surface area contributed by atoms with Crippen molar-refractivity contribution in [2.75, 3.05) is 0 Å². The maximum atomic E-state index is 9.12. The lowest BCUT2D eigenvalue weighted by Crippen LogP contribution is -2.22. The summed E-state index contributed by atoms with van der Waals surface area (Å²) in [4.78, 5) is 9.06. The number of benzene rings is 1. The molecule has 32 heavy (non-hydrogen) atoms. The number of aromatic nitrogens is 4. The largest absolute Gasteiger partial charge is 0.252 e. The van der Waals surface area contributed by atoms with Gasteiger partial charge in [-0.05, 0) is 55.2 Å². The van der Waals surface area contributed by atoms with Crippen LogP contribution in [0.3, 0.4) is 0 Å². The Balaban J connectivity index is 1.69. The van der Waals surface area contributed by atoms with Gasteiger partial charge in [-0.15, -0.1) is 0 Å². The van der Waals surface area contributed by atoms with Crippen LogP contribution >= 0.6 is 0 Å². The fourth-order valence-electron chi connectivity index (χ4n) is 3.64. The highest BCUT2D eigenvalue weighted by Gasteiger charge is 2.28. The van der Waals surface area contributed by atoms with Gasteiger partial charge in [-0.3, -0.25) is 4.98 Å². The molecular formula is C27H27N5. The number of rotatable bonds is 4. The van der Waals surface area contributed by atoms with Gasteiger partial charge in [0, 0.05) is 24.0 Å². The predicted molar refractivity (Wildman–Crippen MR) is 127 cm³/mol. The van der Waals surface area contributed by atoms with Crippen molar-refractivity contribution < 1.29 is 0 Å². The second-order valence-corrected chi connectivity index (χ2v) is 9.52. The van der Waals surface area contributed by atoms with Crippen molar-refractivity contribution in [1.29, 1.82) is 5.26 Å². The molecule has 0 saturated carbocycles. The highest BCUT2D eigenvalue weighted by atomic mass is 15.3. The lowest BCUT2D eigenvalue weighted by Gasteiger charge is -2.23. The molecule has 0 radical (unpaired) electrons. The Bertz CT molecular complexity index is 1300. The molecule has 160 valence electrons. The lowest BCUT2D eigenvalue weighted by atomic mass is 9.84. The fraction of sp³-hybridized carbons (Fsp3) is 0.259. The summed E-state index contributed by atoms with van der Waals surface area (Å²) in [6.45, 7) is 10.9. The monoisotopic (exact) mass is 421 g/mol. The predicted octanol–water partition coefficient (Wildman–Crippen LogP) is 5.82. The third kappa shape index (κ3) is 4.17. The standard InChI is InChI=1S/C27H27N5/c1-26(2,3)20-9-6-8-19(16-20)23-10-7-11-24(30-23)27(4,5)25-13-15-32(31-25)22-12-14-29-21(17-22)18-28/h6-17H,1-5H3. The van der Waals surface area contributed by atoms with Crippen molar-refractivity contribution in [2.45, 2.75) is 45.4 Å². The minimum Gasteiger partial charge on any atom is -0.252 e. The molecule has 5 heteroatoms. The van der Waals surface area contributed by atoms with E-state index in [2.05, 4.69) is 88.1 Å². The maximum Gasteiger partial charge on any atom is 0.142 e. The summed E-state index contributed by atoms with van der Waals surface area (Å²) in [5.41, 5.74) is 6.07. The topological polar surface area (TPSA) is 67.4 Å². The van der Waals surface area contributed by atoms with E-state index in [1.807, 2.05) is 18.3 Å². The van der Waals surface area contributed by atoms with Crippen molar-refractivity contribution in [2.24, 2.45) is 0 Å². The zero-order valence-electron chi connectivity index (χ0n) is 19.2. The van der Waals surface area contributed by atoms with Gasteiger partial charge in [0.15, 0.2) is 0 Å². The zero-order valence-corrected chi connectivity index (χ0v) is 19.2. The highest BCUT2D eigenvalue weighted by molar-refractivity contribution is 5.61. The van der Waals surface area contributed by atoms with Crippen molar-refractivity contribution in [3.8, 4) is 23.0 Å². The Morgan fingerprint density at radius 3 is 2.41 bits per heavy atom. The van der Waals surface area contributed by atoms with E-state index in [-0.39, 0.29) is 5.41 Å². The summed E-state index contributed by atoms with van der Waals surface area (Å²) in [5.74, 6) is 0. The average Bonchev–Trinajstić information content (AvgIpc) is 3.30. The van der Waals surface area contributed by atoms with Crippen LogP contribution in [0.25, 0.3) is 16.9 Å². The summed E-state index contributed by atoms with van der Waals surface area (Å²) in [6, 6.07) is 22.4. The number of pyridine rings is 2. The quantitative estimate of drug-likeness (QED) is 0.416. The van der Waals surface area contributed by atoms with E-state index in [0.29, 0.717) is 5.69 Å². The van der Waals surface area contributed by atoms with Gasteiger partial charge in [-0.1, -0.05) is 45.0 Å². The molecule has 4 rings (SSSR count). The van der Waals surface area contributed by atoms with Gasteiger partial charge in [0.05, 0.1) is 28.2 Å². The molecule has 1 aromatic carbocycles. The Kier molecular flexibility index (Phi) is 5.40. The number of hydrogen-bond acceptors (Lipinski definition) is 4. The van der Waals surface area contributed by atoms with Crippen LogP contribution in [0.2, 0.25) is 0 Å². The summed E-state index contributed by atoms with van der Waals surface area (Å²) in [5, 5.41) is 13.9. The van der Waals surface area contributed by atoms with E-state index in [1.54, 1.807) is 16.9 Å².